The van der Waals surface area contributed by atoms with Gasteiger partial charge in [-0.15, -0.1) is 0 Å². The fraction of sp³-hybridized carbons (Fsp3) is 0.217. The van der Waals surface area contributed by atoms with Gasteiger partial charge in [0.1, 0.15) is 10.8 Å². The van der Waals surface area contributed by atoms with Gasteiger partial charge in [0.25, 0.3) is 5.56 Å². The number of urea groups is 1. The van der Waals surface area contributed by atoms with Crippen molar-refractivity contribution in [2.24, 2.45) is 0 Å². The van der Waals surface area contributed by atoms with Crippen molar-refractivity contribution in [2.75, 3.05) is 31.5 Å². The van der Waals surface area contributed by atoms with Crippen LogP contribution in [-0.2, 0) is 6.54 Å². The number of piperazine rings is 1. The summed E-state index contributed by atoms with van der Waals surface area (Å²) in [6.07, 6.45) is 0. The monoisotopic (exact) mass is 464 g/mol. The SMILES string of the molecule is O=C(Nc1ccc(F)cc1)N1CCN(Cc2cc(=O)n3nc(-c4ccccc4)sc3n2)CC1. The molecular weight excluding hydrogens is 443 g/mol. The first kappa shape index (κ1) is 21.2. The third-order valence-electron chi connectivity index (χ3n) is 5.46. The number of rotatable bonds is 4. The van der Waals surface area contributed by atoms with Crippen LogP contribution in [0.1, 0.15) is 5.69 Å². The Bertz CT molecular complexity index is 1330. The topological polar surface area (TPSA) is 82.8 Å². The number of nitrogens with one attached hydrogen (secondary N) is 1. The Kier molecular flexibility index (Phi) is 5.84. The van der Waals surface area contributed by atoms with E-state index in [-0.39, 0.29) is 17.4 Å². The van der Waals surface area contributed by atoms with Gasteiger partial charge >= 0.3 is 6.03 Å². The van der Waals surface area contributed by atoms with E-state index < -0.39 is 0 Å². The lowest BCUT2D eigenvalue weighted by Gasteiger charge is -2.34. The molecule has 2 amide bonds. The fourth-order valence-corrected chi connectivity index (χ4v) is 4.64. The predicted octanol–water partition coefficient (Wildman–Crippen LogP) is 3.31. The number of nitrogens with zero attached hydrogens (tertiary/aromatic N) is 5. The van der Waals surface area contributed by atoms with Gasteiger partial charge < -0.3 is 10.2 Å². The third-order valence-corrected chi connectivity index (χ3v) is 6.42. The molecule has 1 aliphatic heterocycles. The normalized spacial score (nSPS) is 14.5. The highest BCUT2D eigenvalue weighted by Gasteiger charge is 2.22. The lowest BCUT2D eigenvalue weighted by atomic mass is 10.2. The molecule has 8 nitrogen and oxygen atoms in total. The second-order valence-electron chi connectivity index (χ2n) is 7.75. The Labute approximate surface area is 192 Å². The van der Waals surface area contributed by atoms with Gasteiger partial charge in [-0.1, -0.05) is 41.7 Å². The molecule has 168 valence electrons. The number of hydrogen-bond donors (Lipinski definition) is 1. The Balaban J connectivity index is 1.22. The van der Waals surface area contributed by atoms with Crippen LogP contribution in [0.3, 0.4) is 0 Å². The van der Waals surface area contributed by atoms with Crippen molar-refractivity contribution in [2.45, 2.75) is 6.54 Å². The zero-order chi connectivity index (χ0) is 22.8. The molecule has 5 rings (SSSR count). The van der Waals surface area contributed by atoms with Crippen LogP contribution in [0.5, 0.6) is 0 Å². The van der Waals surface area contributed by atoms with Crippen LogP contribution in [0.25, 0.3) is 15.5 Å². The molecule has 0 unspecified atom stereocenters. The molecule has 0 aliphatic carbocycles. The van der Waals surface area contributed by atoms with Crippen LogP contribution in [0.2, 0.25) is 0 Å². The molecule has 0 atom stereocenters. The molecule has 2 aromatic carbocycles. The second kappa shape index (κ2) is 9.08. The van der Waals surface area contributed by atoms with Gasteiger partial charge in [-0.05, 0) is 24.3 Å². The summed E-state index contributed by atoms with van der Waals surface area (Å²) in [5.41, 5.74) is 1.99. The Morgan fingerprint density at radius 2 is 1.76 bits per heavy atom. The molecule has 0 spiro atoms. The zero-order valence-electron chi connectivity index (χ0n) is 17.6. The van der Waals surface area contributed by atoms with Gasteiger partial charge in [0.05, 0.1) is 5.69 Å². The number of benzene rings is 2. The number of hydrogen-bond acceptors (Lipinski definition) is 6. The first-order valence-corrected chi connectivity index (χ1v) is 11.4. The smallest absolute Gasteiger partial charge is 0.321 e. The van der Waals surface area contributed by atoms with Crippen LogP contribution in [0.15, 0.2) is 65.5 Å². The number of amides is 2. The molecule has 1 N–H and O–H groups in total. The number of carbonyl (C=O) groups excluding carboxylic acids is 1. The summed E-state index contributed by atoms with van der Waals surface area (Å²) in [5, 5.41) is 7.95. The van der Waals surface area contributed by atoms with E-state index in [9.17, 15) is 14.0 Å². The zero-order valence-corrected chi connectivity index (χ0v) is 18.5. The van der Waals surface area contributed by atoms with Gasteiger partial charge in [0, 0.05) is 50.0 Å². The van der Waals surface area contributed by atoms with Crippen molar-refractivity contribution < 1.29 is 9.18 Å². The van der Waals surface area contributed by atoms with Crippen LogP contribution >= 0.6 is 11.3 Å². The highest BCUT2D eigenvalue weighted by Crippen LogP contribution is 2.24. The van der Waals surface area contributed by atoms with E-state index in [1.54, 1.807) is 4.90 Å². The summed E-state index contributed by atoms with van der Waals surface area (Å²) in [6.45, 7) is 2.95. The van der Waals surface area contributed by atoms with Crippen molar-refractivity contribution in [3.8, 4) is 10.6 Å². The summed E-state index contributed by atoms with van der Waals surface area (Å²) in [4.78, 5) is 34.2. The van der Waals surface area contributed by atoms with E-state index in [1.807, 2.05) is 30.3 Å². The van der Waals surface area contributed by atoms with E-state index >= 15 is 0 Å². The summed E-state index contributed by atoms with van der Waals surface area (Å²) in [6, 6.07) is 16.7. The molecule has 0 bridgehead atoms. The first-order chi connectivity index (χ1) is 16.0. The van der Waals surface area contributed by atoms with Gasteiger partial charge in [0.15, 0.2) is 0 Å². The van der Waals surface area contributed by atoms with Gasteiger partial charge in [-0.2, -0.15) is 9.61 Å². The van der Waals surface area contributed by atoms with E-state index in [1.165, 1.54) is 46.2 Å². The molecule has 1 fully saturated rings. The minimum Gasteiger partial charge on any atom is -0.322 e. The van der Waals surface area contributed by atoms with Crippen molar-refractivity contribution in [3.05, 3.63) is 82.5 Å². The standard InChI is InChI=1S/C23H21FN6O2S/c24-17-6-8-18(9-7-17)25-22(32)29-12-10-28(11-13-29)15-19-14-20(31)30-23(26-19)33-21(27-30)16-4-2-1-3-5-16/h1-9,14H,10-13,15H2,(H,25,32). The molecule has 1 saturated heterocycles. The Morgan fingerprint density at radius 1 is 1.03 bits per heavy atom. The van der Waals surface area contributed by atoms with Crippen molar-refractivity contribution in [1.82, 2.24) is 24.4 Å². The Hall–Kier alpha value is -3.63. The molecule has 0 radical (unpaired) electrons. The molecule has 33 heavy (non-hydrogen) atoms. The van der Waals surface area contributed by atoms with Crippen LogP contribution < -0.4 is 10.9 Å². The number of halogens is 1. The van der Waals surface area contributed by atoms with Gasteiger partial charge in [-0.25, -0.2) is 14.2 Å². The van der Waals surface area contributed by atoms with E-state index in [0.29, 0.717) is 49.1 Å². The maximum absolute atomic E-state index is 13.0. The number of anilines is 1. The summed E-state index contributed by atoms with van der Waals surface area (Å²) >= 11 is 1.38. The minimum atomic E-state index is -0.345. The summed E-state index contributed by atoms with van der Waals surface area (Å²) in [7, 11) is 0. The molecule has 4 aromatic rings. The quantitative estimate of drug-likeness (QED) is 0.501. The highest BCUT2D eigenvalue weighted by molar-refractivity contribution is 7.19. The van der Waals surface area contributed by atoms with E-state index in [2.05, 4.69) is 20.3 Å². The maximum atomic E-state index is 13.0. The maximum Gasteiger partial charge on any atom is 0.321 e. The first-order valence-electron chi connectivity index (χ1n) is 10.5. The van der Waals surface area contributed by atoms with Gasteiger partial charge in [0.2, 0.25) is 4.96 Å². The van der Waals surface area contributed by atoms with Crippen molar-refractivity contribution in [1.29, 1.82) is 0 Å². The summed E-state index contributed by atoms with van der Waals surface area (Å²) in [5.74, 6) is -0.345. The van der Waals surface area contributed by atoms with Crippen molar-refractivity contribution in [3.63, 3.8) is 0 Å². The largest absolute Gasteiger partial charge is 0.322 e. The average Bonchev–Trinajstić information content (AvgIpc) is 3.26. The number of aromatic nitrogens is 3. The van der Waals surface area contributed by atoms with Crippen LogP contribution in [0.4, 0.5) is 14.9 Å². The lowest BCUT2D eigenvalue weighted by Crippen LogP contribution is -2.49. The number of carbonyl (C=O) groups is 1. The molecular formula is C23H21FN6O2S. The molecule has 3 heterocycles. The molecule has 0 saturated carbocycles. The average molecular weight is 465 g/mol. The molecule has 10 heteroatoms. The predicted molar refractivity (Wildman–Crippen MR) is 125 cm³/mol. The highest BCUT2D eigenvalue weighted by atomic mass is 32.1. The van der Waals surface area contributed by atoms with Crippen LogP contribution in [0, 0.1) is 5.82 Å². The van der Waals surface area contributed by atoms with Crippen LogP contribution in [-0.4, -0.2) is 56.6 Å². The lowest BCUT2D eigenvalue weighted by molar-refractivity contribution is 0.142. The third kappa shape index (κ3) is 4.76. The minimum absolute atomic E-state index is 0.203. The summed E-state index contributed by atoms with van der Waals surface area (Å²) < 4.78 is 14.4. The van der Waals surface area contributed by atoms with Gasteiger partial charge in [-0.3, -0.25) is 9.69 Å². The number of fused-ring (bicyclic) bond motifs is 1. The Morgan fingerprint density at radius 3 is 2.48 bits per heavy atom. The molecule has 2 aromatic heterocycles. The molecule has 1 aliphatic rings. The second-order valence-corrected chi connectivity index (χ2v) is 8.71. The van der Waals surface area contributed by atoms with E-state index in [4.69, 9.17) is 0 Å². The van der Waals surface area contributed by atoms with E-state index in [0.717, 1.165) is 10.6 Å². The van der Waals surface area contributed by atoms with Crippen molar-refractivity contribution >= 4 is 28.0 Å². The fourth-order valence-electron chi connectivity index (χ4n) is 3.71.